The summed E-state index contributed by atoms with van der Waals surface area (Å²) in [4.78, 5) is 34.6. The summed E-state index contributed by atoms with van der Waals surface area (Å²) < 4.78 is 0. The van der Waals surface area contributed by atoms with Gasteiger partial charge in [0.05, 0.1) is 0 Å². The van der Waals surface area contributed by atoms with E-state index in [-0.39, 0.29) is 18.3 Å². The molecule has 0 aliphatic carbocycles. The van der Waals surface area contributed by atoms with Gasteiger partial charge in [0.1, 0.15) is 6.04 Å². The Bertz CT molecular complexity index is 368. The third-order valence-electron chi connectivity index (χ3n) is 3.00. The Morgan fingerprint density at radius 3 is 1.90 bits per heavy atom. The molecule has 0 heterocycles. The number of rotatable bonds is 9. The Morgan fingerprint density at radius 1 is 1.00 bits per heavy atom. The Hall–Kier alpha value is -1.63. The van der Waals surface area contributed by atoms with E-state index in [1.165, 1.54) is 5.48 Å². The van der Waals surface area contributed by atoms with Gasteiger partial charge in [-0.15, -0.1) is 0 Å². The number of amides is 2. The van der Waals surface area contributed by atoms with Gasteiger partial charge in [-0.3, -0.25) is 14.8 Å². The molecule has 0 fully saturated rings. The average molecular weight is 302 g/mol. The molecule has 0 aliphatic heterocycles. The summed E-state index contributed by atoms with van der Waals surface area (Å²) in [6.45, 7) is 7.54. The summed E-state index contributed by atoms with van der Waals surface area (Å²) in [7, 11) is 0. The van der Waals surface area contributed by atoms with Crippen LogP contribution in [0.3, 0.4) is 0 Å². The number of carbonyl (C=O) groups excluding carboxylic acids is 2. The Labute approximate surface area is 125 Å². The van der Waals surface area contributed by atoms with E-state index >= 15 is 0 Å². The normalized spacial score (nSPS) is 13.9. The molecule has 21 heavy (non-hydrogen) atoms. The van der Waals surface area contributed by atoms with Crippen LogP contribution in [0.25, 0.3) is 0 Å². The molecule has 0 aromatic heterocycles. The molecule has 0 aromatic carbocycles. The standard InChI is InChI=1S/C14H26N2O5/c1-8(2)5-10(7-12(17)16-21)13(18)15-11(14(19)20)6-9(3)4/h8-11,21H,5-7H2,1-4H3,(H,15,18)(H,16,17)(H,19,20)/t10?,11-/m0/s1. The van der Waals surface area contributed by atoms with E-state index in [2.05, 4.69) is 5.32 Å². The number of carboxylic acids is 1. The second-order valence-electron chi connectivity index (χ2n) is 6.09. The topological polar surface area (TPSA) is 116 Å². The first-order chi connectivity index (χ1) is 9.67. The quantitative estimate of drug-likeness (QED) is 0.377. The van der Waals surface area contributed by atoms with Crippen molar-refractivity contribution in [3.05, 3.63) is 0 Å². The molecule has 0 rings (SSSR count). The number of carboxylic acid groups (broad SMARTS) is 1. The minimum atomic E-state index is -1.09. The van der Waals surface area contributed by atoms with Gasteiger partial charge in [-0.1, -0.05) is 27.7 Å². The van der Waals surface area contributed by atoms with Gasteiger partial charge in [0.2, 0.25) is 11.8 Å². The fourth-order valence-corrected chi connectivity index (χ4v) is 2.10. The van der Waals surface area contributed by atoms with Gasteiger partial charge < -0.3 is 10.4 Å². The number of carbonyl (C=O) groups is 3. The molecule has 7 heteroatoms. The van der Waals surface area contributed by atoms with Gasteiger partial charge in [-0.25, -0.2) is 10.3 Å². The molecule has 0 saturated heterocycles. The van der Waals surface area contributed by atoms with Gasteiger partial charge >= 0.3 is 5.97 Å². The first-order valence-electron chi connectivity index (χ1n) is 7.13. The lowest BCUT2D eigenvalue weighted by Gasteiger charge is -2.22. The molecule has 2 amide bonds. The Kier molecular flexibility index (Phi) is 8.61. The van der Waals surface area contributed by atoms with Crippen molar-refractivity contribution in [2.24, 2.45) is 17.8 Å². The first-order valence-corrected chi connectivity index (χ1v) is 7.13. The van der Waals surface area contributed by atoms with Crippen LogP contribution in [0.2, 0.25) is 0 Å². The van der Waals surface area contributed by atoms with E-state index in [9.17, 15) is 14.4 Å². The highest BCUT2D eigenvalue weighted by atomic mass is 16.5. The summed E-state index contributed by atoms with van der Waals surface area (Å²) in [5.41, 5.74) is 1.50. The highest BCUT2D eigenvalue weighted by molar-refractivity contribution is 5.88. The van der Waals surface area contributed by atoms with Crippen molar-refractivity contribution in [2.45, 2.75) is 53.0 Å². The summed E-state index contributed by atoms with van der Waals surface area (Å²) >= 11 is 0. The molecule has 0 bridgehead atoms. The first kappa shape index (κ1) is 19.4. The monoisotopic (exact) mass is 302 g/mol. The van der Waals surface area contributed by atoms with E-state index in [4.69, 9.17) is 10.3 Å². The lowest BCUT2D eigenvalue weighted by atomic mass is 9.92. The smallest absolute Gasteiger partial charge is 0.326 e. The van der Waals surface area contributed by atoms with Crippen LogP contribution in [0.4, 0.5) is 0 Å². The zero-order valence-corrected chi connectivity index (χ0v) is 13.0. The zero-order valence-electron chi connectivity index (χ0n) is 13.0. The van der Waals surface area contributed by atoms with Crippen molar-refractivity contribution in [3.8, 4) is 0 Å². The number of hydrogen-bond donors (Lipinski definition) is 4. The number of aliphatic carboxylic acids is 1. The van der Waals surface area contributed by atoms with E-state index in [1.54, 1.807) is 0 Å². The highest BCUT2D eigenvalue weighted by Crippen LogP contribution is 2.17. The van der Waals surface area contributed by atoms with Crippen molar-refractivity contribution in [1.82, 2.24) is 10.8 Å². The van der Waals surface area contributed by atoms with Gasteiger partial charge in [-0.2, -0.15) is 0 Å². The van der Waals surface area contributed by atoms with Crippen LogP contribution >= 0.6 is 0 Å². The summed E-state index contributed by atoms with van der Waals surface area (Å²) in [5.74, 6) is -2.60. The fraction of sp³-hybridized carbons (Fsp3) is 0.786. The number of hydroxylamine groups is 1. The van der Waals surface area contributed by atoms with Gasteiger partial charge in [-0.05, 0) is 24.7 Å². The maximum Gasteiger partial charge on any atom is 0.326 e. The molecule has 0 radical (unpaired) electrons. The molecular weight excluding hydrogens is 276 g/mol. The largest absolute Gasteiger partial charge is 0.480 e. The molecular formula is C14H26N2O5. The van der Waals surface area contributed by atoms with Crippen LogP contribution in [0.1, 0.15) is 47.0 Å². The fourth-order valence-electron chi connectivity index (χ4n) is 2.10. The van der Waals surface area contributed by atoms with Crippen molar-refractivity contribution >= 4 is 17.8 Å². The van der Waals surface area contributed by atoms with Crippen molar-refractivity contribution in [3.63, 3.8) is 0 Å². The number of nitrogens with one attached hydrogen (secondary N) is 2. The molecule has 1 unspecified atom stereocenters. The summed E-state index contributed by atoms with van der Waals surface area (Å²) in [6, 6.07) is -0.968. The Morgan fingerprint density at radius 2 is 1.52 bits per heavy atom. The van der Waals surface area contributed by atoms with Crippen LogP contribution in [0.15, 0.2) is 0 Å². The predicted molar refractivity (Wildman–Crippen MR) is 76.5 cm³/mol. The summed E-state index contributed by atoms with van der Waals surface area (Å²) in [6.07, 6.45) is 0.587. The van der Waals surface area contributed by atoms with Gasteiger partial charge in [0, 0.05) is 12.3 Å². The molecule has 122 valence electrons. The highest BCUT2D eigenvalue weighted by Gasteiger charge is 2.27. The molecule has 0 saturated carbocycles. The van der Waals surface area contributed by atoms with E-state index in [0.717, 1.165) is 0 Å². The molecule has 0 aromatic rings. The molecule has 4 N–H and O–H groups in total. The SMILES string of the molecule is CC(C)CC(CC(=O)NO)C(=O)N[C@@H](CC(C)C)C(=O)O. The lowest BCUT2D eigenvalue weighted by molar-refractivity contribution is -0.143. The van der Waals surface area contributed by atoms with Gasteiger partial charge in [0.15, 0.2) is 0 Å². The van der Waals surface area contributed by atoms with E-state index in [0.29, 0.717) is 12.8 Å². The van der Waals surface area contributed by atoms with Crippen LogP contribution in [0.5, 0.6) is 0 Å². The third-order valence-corrected chi connectivity index (χ3v) is 3.00. The van der Waals surface area contributed by atoms with Crippen LogP contribution in [-0.2, 0) is 14.4 Å². The maximum absolute atomic E-state index is 12.2. The molecule has 2 atom stereocenters. The van der Waals surface area contributed by atoms with Gasteiger partial charge in [0.25, 0.3) is 0 Å². The average Bonchev–Trinajstić information content (AvgIpc) is 2.35. The minimum Gasteiger partial charge on any atom is -0.480 e. The van der Waals surface area contributed by atoms with Crippen LogP contribution in [0, 0.1) is 17.8 Å². The predicted octanol–water partition coefficient (Wildman–Crippen LogP) is 1.16. The van der Waals surface area contributed by atoms with E-state index < -0.39 is 29.7 Å². The van der Waals surface area contributed by atoms with E-state index in [1.807, 2.05) is 27.7 Å². The van der Waals surface area contributed by atoms with Crippen molar-refractivity contribution in [1.29, 1.82) is 0 Å². The molecule has 0 aliphatic rings. The Balaban J connectivity index is 4.83. The maximum atomic E-state index is 12.2. The van der Waals surface area contributed by atoms with Crippen LogP contribution < -0.4 is 10.8 Å². The van der Waals surface area contributed by atoms with Crippen LogP contribution in [-0.4, -0.2) is 34.1 Å². The minimum absolute atomic E-state index is 0.121. The summed E-state index contributed by atoms with van der Waals surface area (Å²) in [5, 5.41) is 20.2. The second-order valence-corrected chi connectivity index (χ2v) is 6.09. The third kappa shape index (κ3) is 8.29. The second kappa shape index (κ2) is 9.33. The van der Waals surface area contributed by atoms with Crippen molar-refractivity contribution < 1.29 is 24.7 Å². The molecule has 7 nitrogen and oxygen atoms in total. The number of hydrogen-bond acceptors (Lipinski definition) is 4. The molecule has 0 spiro atoms. The lowest BCUT2D eigenvalue weighted by Crippen LogP contribution is -2.45. The van der Waals surface area contributed by atoms with Crippen molar-refractivity contribution in [2.75, 3.05) is 0 Å². The zero-order chi connectivity index (χ0) is 16.6.